The van der Waals surface area contributed by atoms with Crippen LogP contribution in [0.1, 0.15) is 70.4 Å². The van der Waals surface area contributed by atoms with Gasteiger partial charge in [-0.05, 0) is 107 Å². The topological polar surface area (TPSA) is 311 Å². The number of aliphatic hydroxyl groups is 1. The maximum absolute atomic E-state index is 10.1. The minimum absolute atomic E-state index is 0. The molecule has 3 atom stereocenters. The second kappa shape index (κ2) is 37.0. The van der Waals surface area contributed by atoms with Crippen molar-refractivity contribution in [2.24, 2.45) is 0 Å². The molecule has 0 bridgehead atoms. The van der Waals surface area contributed by atoms with Gasteiger partial charge in [0.25, 0.3) is 0 Å². The molecule has 2 aliphatic rings. The van der Waals surface area contributed by atoms with Gasteiger partial charge in [0, 0.05) is 39.5 Å². The number of alkyl halides is 1. The van der Waals surface area contributed by atoms with Crippen molar-refractivity contribution in [1.82, 2.24) is 37.6 Å². The monoisotopic (exact) mass is 751 g/mol. The molecular formula is C35H62FN7O9. The number of hydrogen-bond acceptors (Lipinski definition) is 9. The predicted molar refractivity (Wildman–Crippen MR) is 203 cm³/mol. The van der Waals surface area contributed by atoms with Crippen molar-refractivity contribution < 1.29 is 52.9 Å². The number of aliphatic carboxylic acids is 1. The van der Waals surface area contributed by atoms with Crippen molar-refractivity contribution in [2.75, 3.05) is 13.7 Å². The van der Waals surface area contributed by atoms with Gasteiger partial charge in [0.1, 0.15) is 11.7 Å². The first-order valence-electron chi connectivity index (χ1n) is 16.1. The van der Waals surface area contributed by atoms with Crippen molar-refractivity contribution in [2.45, 2.75) is 64.4 Å². The van der Waals surface area contributed by atoms with Crippen LogP contribution in [-0.2, 0) is 16.1 Å². The summed E-state index contributed by atoms with van der Waals surface area (Å²) in [5, 5.41) is 27.8. The van der Waals surface area contributed by atoms with Crippen molar-refractivity contribution in [3.63, 3.8) is 0 Å². The Hall–Kier alpha value is -5.30. The lowest BCUT2D eigenvalue weighted by atomic mass is 10.2. The highest BCUT2D eigenvalue weighted by Crippen LogP contribution is 2.17. The number of aromatic amines is 4. The third-order valence-electron chi connectivity index (χ3n) is 6.13. The summed E-state index contributed by atoms with van der Waals surface area (Å²) in [6.45, 7) is 5.22. The molecule has 2 fully saturated rings. The molecule has 298 valence electrons. The van der Waals surface area contributed by atoms with Gasteiger partial charge >= 0.3 is 11.9 Å². The highest BCUT2D eigenvalue weighted by atomic mass is 19.1. The molecule has 7 rings (SSSR count). The van der Waals surface area contributed by atoms with Crippen molar-refractivity contribution >= 4 is 18.2 Å². The number of rotatable bonds is 4. The van der Waals surface area contributed by atoms with Crippen LogP contribution in [0.2, 0.25) is 0 Å². The summed E-state index contributed by atoms with van der Waals surface area (Å²) >= 11 is 0. The summed E-state index contributed by atoms with van der Waals surface area (Å²) in [6.07, 6.45) is 18.2. The summed E-state index contributed by atoms with van der Waals surface area (Å²) < 4.78 is 25.4. The summed E-state index contributed by atoms with van der Waals surface area (Å²) in [6, 6.07) is 17.6. The number of aromatic nitrogens is 4. The van der Waals surface area contributed by atoms with Gasteiger partial charge in [-0.15, -0.1) is 0 Å². The number of carbonyl (C=O) groups is 3. The maximum atomic E-state index is 10.1. The van der Waals surface area contributed by atoms with E-state index in [0.717, 1.165) is 31.4 Å². The number of carboxylic acid groups (broad SMARTS) is 2. The van der Waals surface area contributed by atoms with E-state index in [9.17, 15) is 18.8 Å². The molecule has 17 heteroatoms. The van der Waals surface area contributed by atoms with E-state index >= 15 is 0 Å². The molecule has 2 aliphatic heterocycles. The number of furan rings is 1. The van der Waals surface area contributed by atoms with E-state index in [4.69, 9.17) is 21.4 Å². The molecular weight excluding hydrogens is 688 g/mol. The fourth-order valence-electron chi connectivity index (χ4n) is 3.75. The van der Waals surface area contributed by atoms with Crippen LogP contribution < -0.4 is 17.6 Å². The van der Waals surface area contributed by atoms with Crippen LogP contribution in [0.5, 0.6) is 0 Å². The molecule has 7 heterocycles. The Morgan fingerprint density at radius 1 is 0.885 bits per heavy atom. The van der Waals surface area contributed by atoms with Gasteiger partial charge in [0.05, 0.1) is 45.6 Å². The number of ether oxygens (including phenoxy) is 1. The van der Waals surface area contributed by atoms with Gasteiger partial charge in [-0.25, -0.2) is 4.79 Å². The SMILES string of the molecule is CC1CCC(C)O1.O.O=C(O)C1CCC[15NH]1.O=C(O)c1ccc[15nH]1.O=Cc1ccc[15nH]1.OCc1ccc[15nH]1.[15NH3].[15NH3].[2H]CF.[HH].[HH].c1cc[15nH]c1.c1ccoc1. The molecule has 16 nitrogen and oxygen atoms in total. The Kier molecular flexibility index (Phi) is 36.3. The zero-order chi connectivity index (χ0) is 37.2. The first-order chi connectivity index (χ1) is 24.2. The third kappa shape index (κ3) is 29.6. The summed E-state index contributed by atoms with van der Waals surface area (Å²) in [5.74, 6) is -1.64. The smallest absolute Gasteiger partial charge is 0.352 e. The first kappa shape index (κ1) is 51.1. The Morgan fingerprint density at radius 3 is 1.65 bits per heavy atom. The highest BCUT2D eigenvalue weighted by Gasteiger charge is 2.20. The molecule has 0 spiro atoms. The molecule has 2 saturated heterocycles. The fourth-order valence-corrected chi connectivity index (χ4v) is 3.75. The van der Waals surface area contributed by atoms with E-state index in [2.05, 4.69) is 43.5 Å². The number of aliphatic hydroxyl groups excluding tert-OH is 1. The molecule has 0 amide bonds. The molecule has 5 aromatic heterocycles. The van der Waals surface area contributed by atoms with E-state index in [1.54, 1.807) is 49.3 Å². The Labute approximate surface area is 308 Å². The molecule has 0 saturated carbocycles. The van der Waals surface area contributed by atoms with Gasteiger partial charge in [-0.3, -0.25) is 14.0 Å². The van der Waals surface area contributed by atoms with Crippen LogP contribution in [0.25, 0.3) is 0 Å². The Morgan fingerprint density at radius 2 is 1.44 bits per heavy atom. The number of carbonyl (C=O) groups excluding carboxylic acids is 1. The van der Waals surface area contributed by atoms with Crippen LogP contribution in [0, 0.1) is 0 Å². The van der Waals surface area contributed by atoms with Crippen molar-refractivity contribution in [1.29, 1.82) is 0 Å². The summed E-state index contributed by atoms with van der Waals surface area (Å²) in [5.41, 5.74) is 1.71. The van der Waals surface area contributed by atoms with Gasteiger partial charge in [-0.1, -0.05) is 0 Å². The average molecular weight is 752 g/mol. The largest absolute Gasteiger partial charge is 0.480 e. The lowest BCUT2D eigenvalue weighted by Gasteiger charge is -2.01. The van der Waals surface area contributed by atoms with E-state index < -0.39 is 19.1 Å². The Balaban J connectivity index is -0.000000125. The minimum atomic E-state index is -1.00. The molecule has 5 aromatic rings. The molecule has 3 unspecified atom stereocenters. The minimum Gasteiger partial charge on any atom is -0.480 e. The van der Waals surface area contributed by atoms with Gasteiger partial charge in [0.15, 0.2) is 6.29 Å². The quantitative estimate of drug-likeness (QED) is 0.0716. The fraction of sp³-hybridized carbons (Fsp3) is 0.343. The van der Waals surface area contributed by atoms with E-state index in [-0.39, 0.29) is 39.0 Å². The van der Waals surface area contributed by atoms with Crippen LogP contribution in [0.15, 0.2) is 109 Å². The number of hydrogen-bond donors (Lipinski definition) is 10. The number of carboxylic acids is 2. The third-order valence-corrected chi connectivity index (χ3v) is 6.13. The van der Waals surface area contributed by atoms with Crippen molar-refractivity contribution in [3.8, 4) is 0 Å². The predicted octanol–water partition coefficient (Wildman–Crippen LogP) is 6.32. The van der Waals surface area contributed by atoms with Gasteiger partial charge in [-0.2, -0.15) is 0 Å². The van der Waals surface area contributed by atoms with Crippen LogP contribution in [-0.4, -0.2) is 90.9 Å². The standard InChI is InChI=1S/C6H12O.C5H9NO2.C5H5NO2.C5H7NO.C5H5NO.C4H5N.C4H4O.CH3F.2H3N.H2O.2H2/c1-5-3-4-6(2)7-5;2*7-5(8)4-2-1-3-6-4;2*7-4-5-2-1-3-6-5;2*1-2-4-5-3-1;1-2;;;;;/h5-6H,3-4H2,1-2H3;4,6H,1-3H2,(H,7,8);1-3,6H,(H,7,8);1-3,6-7H,4H2;1-4,6H;1-5H;1-4H;1H3;2*1H3;1H2;2*1H/i;4*6+1;5+1;;1D;2*1+1;;;. The average Bonchev–Trinajstić information content (AvgIpc) is 3.99. The molecule has 0 radical (unpaired) electrons. The molecule has 0 aromatic carbocycles. The molecule has 0 aliphatic carbocycles. The van der Waals surface area contributed by atoms with E-state index in [1.165, 1.54) is 18.9 Å². The second-order valence-electron chi connectivity index (χ2n) is 9.99. The Bertz CT molecular complexity index is 1330. The number of H-pyrrole nitrogens is 4. The first-order valence-corrected chi connectivity index (χ1v) is 15.4. The van der Waals surface area contributed by atoms with E-state index in [1.807, 2.05) is 48.8 Å². The molecule has 52 heavy (non-hydrogen) atoms. The zero-order valence-corrected chi connectivity index (χ0v) is 29.7. The van der Waals surface area contributed by atoms with E-state index in [0.29, 0.717) is 17.9 Å². The number of nitrogens with one attached hydrogen (secondary N) is 5. The normalized spacial score (nSPS) is 15.7. The summed E-state index contributed by atoms with van der Waals surface area (Å²) in [4.78, 5) is 41.0. The van der Waals surface area contributed by atoms with Crippen LogP contribution in [0.3, 0.4) is 0 Å². The lowest BCUT2D eigenvalue weighted by molar-refractivity contribution is -0.139. The molecule has 16 N–H and O–H groups in total. The maximum Gasteiger partial charge on any atom is 0.352 e. The zero-order valence-electron chi connectivity index (χ0n) is 30.7. The highest BCUT2D eigenvalue weighted by molar-refractivity contribution is 5.85. The van der Waals surface area contributed by atoms with Gasteiger partial charge in [0.2, 0.25) is 0 Å². The number of aromatic carboxylic acids is 1. The van der Waals surface area contributed by atoms with Crippen molar-refractivity contribution in [3.05, 3.63) is 121 Å². The van der Waals surface area contributed by atoms with Gasteiger partial charge < -0.3 is 67.5 Å². The van der Waals surface area contributed by atoms with Crippen LogP contribution in [0.4, 0.5) is 4.39 Å². The number of aldehydes is 1. The second-order valence-corrected chi connectivity index (χ2v) is 9.99. The lowest BCUT2D eigenvalue weighted by Crippen LogP contribution is -2.29. The summed E-state index contributed by atoms with van der Waals surface area (Å²) in [7, 11) is -1.00. The number of halogens is 1. The van der Waals surface area contributed by atoms with Crippen LogP contribution >= 0.6 is 0 Å².